The number of benzene rings is 1. The highest BCUT2D eigenvalue weighted by molar-refractivity contribution is 5.67. The van der Waals surface area contributed by atoms with Crippen LogP contribution in [0.15, 0.2) is 18.2 Å². The van der Waals surface area contributed by atoms with Crippen LogP contribution in [0.25, 0.3) is 0 Å². The molecule has 0 saturated heterocycles. The van der Waals surface area contributed by atoms with Crippen molar-refractivity contribution in [2.75, 3.05) is 6.54 Å². The summed E-state index contributed by atoms with van der Waals surface area (Å²) in [6.45, 7) is 1.82. The summed E-state index contributed by atoms with van der Waals surface area (Å²) < 4.78 is 4.80. The average Bonchev–Trinajstić information content (AvgIpc) is 2.44. The first-order valence-corrected chi connectivity index (χ1v) is 6.28. The number of nitrogens with zero attached hydrogens (tertiary/aromatic N) is 2. The predicted molar refractivity (Wildman–Crippen MR) is 72.8 cm³/mol. The van der Waals surface area contributed by atoms with E-state index in [-0.39, 0.29) is 5.56 Å². The number of nitrogens with one attached hydrogen (secondary N) is 1. The van der Waals surface area contributed by atoms with Crippen LogP contribution in [0.2, 0.25) is 0 Å². The van der Waals surface area contributed by atoms with Crippen LogP contribution in [-0.2, 0) is 11.3 Å². The fourth-order valence-electron chi connectivity index (χ4n) is 1.61. The van der Waals surface area contributed by atoms with Crippen LogP contribution in [0.3, 0.4) is 0 Å². The van der Waals surface area contributed by atoms with E-state index in [2.05, 4.69) is 5.32 Å². The minimum atomic E-state index is -0.768. The molecule has 0 aliphatic heterocycles. The second kappa shape index (κ2) is 7.78. The molecule has 0 spiro atoms. The lowest BCUT2D eigenvalue weighted by molar-refractivity contribution is -0.396. The summed E-state index contributed by atoms with van der Waals surface area (Å²) in [5.41, 5.74) is -1.14. The number of ether oxygens (including phenoxy) is 1. The van der Waals surface area contributed by atoms with Crippen molar-refractivity contribution < 1.29 is 19.4 Å². The van der Waals surface area contributed by atoms with E-state index in [1.54, 1.807) is 0 Å². The predicted octanol–water partition coefficient (Wildman–Crippen LogP) is 2.53. The van der Waals surface area contributed by atoms with Gasteiger partial charge in [0.25, 0.3) is 11.4 Å². The molecule has 1 aromatic rings. The molecule has 0 aliphatic carbocycles. The Morgan fingerprint density at radius 1 is 1.24 bits per heavy atom. The molecule has 0 aromatic heterocycles. The first-order valence-electron chi connectivity index (χ1n) is 6.28. The van der Waals surface area contributed by atoms with Crippen LogP contribution in [0.4, 0.5) is 16.2 Å². The molecule has 1 amide bonds. The molecule has 0 aliphatic rings. The van der Waals surface area contributed by atoms with Crippen LogP contribution in [0, 0.1) is 20.2 Å². The summed E-state index contributed by atoms with van der Waals surface area (Å²) in [6, 6.07) is 3.46. The van der Waals surface area contributed by atoms with Crippen molar-refractivity contribution in [3.63, 3.8) is 0 Å². The SMILES string of the molecule is CCCCNC(=O)OCc1c([N+](=O)[O-])cccc1[N+](=O)[O-]. The number of rotatable bonds is 7. The number of carbonyl (C=O) groups is 1. The lowest BCUT2D eigenvalue weighted by Gasteiger charge is -2.07. The summed E-state index contributed by atoms with van der Waals surface area (Å²) in [5, 5.41) is 24.2. The molecule has 1 rings (SSSR count). The number of nitro groups is 2. The quantitative estimate of drug-likeness (QED) is 0.468. The van der Waals surface area contributed by atoms with E-state index in [0.29, 0.717) is 6.54 Å². The van der Waals surface area contributed by atoms with Crippen molar-refractivity contribution in [1.29, 1.82) is 0 Å². The largest absolute Gasteiger partial charge is 0.444 e. The van der Waals surface area contributed by atoms with Crippen LogP contribution in [-0.4, -0.2) is 22.5 Å². The first kappa shape index (κ1) is 16.3. The third-order valence-corrected chi connectivity index (χ3v) is 2.67. The van der Waals surface area contributed by atoms with Crippen LogP contribution >= 0.6 is 0 Å². The fourth-order valence-corrected chi connectivity index (χ4v) is 1.61. The number of unbranched alkanes of at least 4 members (excludes halogenated alkanes) is 1. The van der Waals surface area contributed by atoms with Crippen molar-refractivity contribution in [3.8, 4) is 0 Å². The Labute approximate surface area is 120 Å². The molecule has 1 aromatic carbocycles. The van der Waals surface area contributed by atoms with Gasteiger partial charge in [-0.05, 0) is 12.5 Å². The molecule has 0 unspecified atom stereocenters. The van der Waals surface area contributed by atoms with Crippen molar-refractivity contribution >= 4 is 17.5 Å². The van der Waals surface area contributed by atoms with Gasteiger partial charge in [0.15, 0.2) is 0 Å². The topological polar surface area (TPSA) is 125 Å². The first-order chi connectivity index (χ1) is 9.97. The third-order valence-electron chi connectivity index (χ3n) is 2.67. The fraction of sp³-hybridized carbons (Fsp3) is 0.417. The molecule has 0 fully saturated rings. The average molecular weight is 297 g/mol. The minimum Gasteiger partial charge on any atom is -0.444 e. The number of amides is 1. The van der Waals surface area contributed by atoms with Gasteiger partial charge in [-0.2, -0.15) is 0 Å². The lowest BCUT2D eigenvalue weighted by atomic mass is 10.1. The second-order valence-electron chi connectivity index (χ2n) is 4.15. The third kappa shape index (κ3) is 4.71. The normalized spacial score (nSPS) is 9.95. The number of hydrogen-bond donors (Lipinski definition) is 1. The Balaban J connectivity index is 2.83. The summed E-state index contributed by atoms with van der Waals surface area (Å²) in [5.74, 6) is 0. The number of nitro benzene ring substituents is 2. The maximum absolute atomic E-state index is 11.4. The molecule has 9 heteroatoms. The summed E-state index contributed by atoms with van der Waals surface area (Å²) >= 11 is 0. The highest BCUT2D eigenvalue weighted by Gasteiger charge is 2.25. The van der Waals surface area contributed by atoms with E-state index in [4.69, 9.17) is 4.74 Å². The zero-order valence-electron chi connectivity index (χ0n) is 11.4. The van der Waals surface area contributed by atoms with Crippen LogP contribution in [0.5, 0.6) is 0 Å². The lowest BCUT2D eigenvalue weighted by Crippen LogP contribution is -2.25. The monoisotopic (exact) mass is 297 g/mol. The van der Waals surface area contributed by atoms with Crippen molar-refractivity contribution in [3.05, 3.63) is 44.0 Å². The van der Waals surface area contributed by atoms with Crippen molar-refractivity contribution in [1.82, 2.24) is 5.32 Å². The number of alkyl carbamates (subject to hydrolysis) is 1. The van der Waals surface area contributed by atoms with Gasteiger partial charge in [0.05, 0.1) is 9.85 Å². The van der Waals surface area contributed by atoms with Gasteiger partial charge in [-0.1, -0.05) is 13.3 Å². The van der Waals surface area contributed by atoms with Crippen molar-refractivity contribution in [2.24, 2.45) is 0 Å². The Hall–Kier alpha value is -2.71. The van der Waals surface area contributed by atoms with Gasteiger partial charge < -0.3 is 10.1 Å². The van der Waals surface area contributed by atoms with Gasteiger partial charge in [0, 0.05) is 18.7 Å². The standard InChI is InChI=1S/C12H15N3O6/c1-2-3-7-13-12(16)21-8-9-10(14(17)18)5-4-6-11(9)15(19)20/h4-6H,2-3,7-8H2,1H3,(H,13,16). The van der Waals surface area contributed by atoms with Gasteiger partial charge in [0.2, 0.25) is 0 Å². The molecular weight excluding hydrogens is 282 g/mol. The Morgan fingerprint density at radius 2 is 1.81 bits per heavy atom. The second-order valence-corrected chi connectivity index (χ2v) is 4.15. The highest BCUT2D eigenvalue weighted by Crippen LogP contribution is 2.28. The summed E-state index contributed by atoms with van der Waals surface area (Å²) in [4.78, 5) is 31.6. The summed E-state index contributed by atoms with van der Waals surface area (Å²) in [7, 11) is 0. The van der Waals surface area contributed by atoms with Crippen LogP contribution < -0.4 is 5.32 Å². The zero-order chi connectivity index (χ0) is 15.8. The van der Waals surface area contributed by atoms with Gasteiger partial charge in [-0.3, -0.25) is 20.2 Å². The molecule has 9 nitrogen and oxygen atoms in total. The molecule has 0 saturated carbocycles. The zero-order valence-corrected chi connectivity index (χ0v) is 11.4. The number of hydrogen-bond acceptors (Lipinski definition) is 6. The minimum absolute atomic E-state index is 0.238. The van der Waals surface area contributed by atoms with Gasteiger partial charge in [-0.15, -0.1) is 0 Å². The molecule has 0 radical (unpaired) electrons. The Kier molecular flexibility index (Phi) is 6.05. The smallest absolute Gasteiger partial charge is 0.407 e. The van der Waals surface area contributed by atoms with Crippen LogP contribution in [0.1, 0.15) is 25.3 Å². The van der Waals surface area contributed by atoms with Gasteiger partial charge in [0.1, 0.15) is 12.2 Å². The van der Waals surface area contributed by atoms with E-state index in [1.807, 2.05) is 6.92 Å². The molecule has 0 heterocycles. The maximum Gasteiger partial charge on any atom is 0.407 e. The molecule has 0 bridgehead atoms. The van der Waals surface area contributed by atoms with E-state index in [9.17, 15) is 25.0 Å². The van der Waals surface area contributed by atoms with Gasteiger partial charge in [-0.25, -0.2) is 4.79 Å². The number of carbonyl (C=O) groups excluding carboxylic acids is 1. The van der Waals surface area contributed by atoms with Gasteiger partial charge >= 0.3 is 6.09 Å². The molecule has 1 N–H and O–H groups in total. The highest BCUT2D eigenvalue weighted by atomic mass is 16.6. The van der Waals surface area contributed by atoms with E-state index >= 15 is 0 Å². The molecule has 0 atom stereocenters. The maximum atomic E-state index is 11.4. The molecular formula is C12H15N3O6. The molecule has 21 heavy (non-hydrogen) atoms. The van der Waals surface area contributed by atoms with E-state index in [0.717, 1.165) is 25.0 Å². The molecule has 114 valence electrons. The van der Waals surface area contributed by atoms with E-state index < -0.39 is 33.9 Å². The van der Waals surface area contributed by atoms with Crippen molar-refractivity contribution in [2.45, 2.75) is 26.4 Å². The Bertz CT molecular complexity index is 514. The summed E-state index contributed by atoms with van der Waals surface area (Å²) in [6.07, 6.45) is 0.882. The Morgan fingerprint density at radius 3 is 2.29 bits per heavy atom. The van der Waals surface area contributed by atoms with E-state index in [1.165, 1.54) is 6.07 Å².